The lowest BCUT2D eigenvalue weighted by Crippen LogP contribution is -2.37. The molecule has 0 radical (unpaired) electrons. The summed E-state index contributed by atoms with van der Waals surface area (Å²) in [5.41, 5.74) is 2.33. The van der Waals surface area contributed by atoms with E-state index in [1.54, 1.807) is 4.90 Å². The fraction of sp³-hybridized carbons (Fsp3) is 0.438. The zero-order chi connectivity index (χ0) is 14.4. The maximum atomic E-state index is 12.5. The summed E-state index contributed by atoms with van der Waals surface area (Å²) in [4.78, 5) is 14.3. The number of aliphatic hydroxyl groups is 1. The molecule has 0 aliphatic carbocycles. The van der Waals surface area contributed by atoms with Crippen LogP contribution in [0.25, 0.3) is 0 Å². The van der Waals surface area contributed by atoms with Crippen LogP contribution >= 0.6 is 0 Å². The van der Waals surface area contributed by atoms with Gasteiger partial charge in [0, 0.05) is 18.2 Å². The molecule has 0 aliphatic rings. The molecule has 0 unspecified atom stereocenters. The predicted octanol–water partition coefficient (Wildman–Crippen LogP) is 2.21. The van der Waals surface area contributed by atoms with Crippen molar-refractivity contribution >= 4 is 5.91 Å². The van der Waals surface area contributed by atoms with Gasteiger partial charge in [0.15, 0.2) is 0 Å². The molecule has 0 bridgehead atoms. The Morgan fingerprint density at radius 3 is 2.63 bits per heavy atom. The van der Waals surface area contributed by atoms with Crippen molar-refractivity contribution in [3.05, 3.63) is 34.9 Å². The molecule has 0 heterocycles. The average Bonchev–Trinajstić information content (AvgIpc) is 2.36. The van der Waals surface area contributed by atoms with E-state index in [9.17, 15) is 4.79 Å². The first-order valence-electron chi connectivity index (χ1n) is 6.52. The van der Waals surface area contributed by atoms with Crippen molar-refractivity contribution in [2.45, 2.75) is 33.7 Å². The Balaban J connectivity index is 3.22. The summed E-state index contributed by atoms with van der Waals surface area (Å²) in [6.07, 6.45) is 0. The molecule has 1 rings (SSSR count). The summed E-state index contributed by atoms with van der Waals surface area (Å²) in [5.74, 6) is 5.45. The number of hydrogen-bond acceptors (Lipinski definition) is 2. The van der Waals surface area contributed by atoms with Crippen molar-refractivity contribution in [3.63, 3.8) is 0 Å². The quantitative estimate of drug-likeness (QED) is 0.845. The van der Waals surface area contributed by atoms with Crippen molar-refractivity contribution in [2.24, 2.45) is 0 Å². The number of carbonyl (C=O) groups is 1. The van der Waals surface area contributed by atoms with Gasteiger partial charge in [-0.3, -0.25) is 4.79 Å². The molecular weight excluding hydrogens is 238 g/mol. The second kappa shape index (κ2) is 6.96. The number of hydrogen-bond donors (Lipinski definition) is 1. The molecule has 1 N–H and O–H groups in total. The van der Waals surface area contributed by atoms with Gasteiger partial charge in [-0.05, 0) is 45.4 Å². The van der Waals surface area contributed by atoms with Crippen LogP contribution in [0, 0.1) is 18.8 Å². The van der Waals surface area contributed by atoms with Gasteiger partial charge in [0.05, 0.1) is 5.56 Å². The van der Waals surface area contributed by atoms with E-state index in [1.807, 2.05) is 45.9 Å². The third-order valence-electron chi connectivity index (χ3n) is 2.93. The molecule has 1 aromatic rings. The molecule has 0 saturated carbocycles. The first-order valence-corrected chi connectivity index (χ1v) is 6.52. The van der Waals surface area contributed by atoms with Crippen LogP contribution in [0.3, 0.4) is 0 Å². The van der Waals surface area contributed by atoms with E-state index >= 15 is 0 Å². The standard InChI is InChI=1S/C16H21NO2/c1-5-17(12(2)3)16(19)15-9-8-13(4)11-14(15)7-6-10-18/h8-9,11-12,18H,5,10H2,1-4H3. The second-order valence-electron chi connectivity index (χ2n) is 4.69. The van der Waals surface area contributed by atoms with Crippen molar-refractivity contribution in [3.8, 4) is 11.8 Å². The highest BCUT2D eigenvalue weighted by molar-refractivity contribution is 5.97. The van der Waals surface area contributed by atoms with Crippen LogP contribution in [0.4, 0.5) is 0 Å². The van der Waals surface area contributed by atoms with Gasteiger partial charge in [0.1, 0.15) is 6.61 Å². The van der Waals surface area contributed by atoms with Gasteiger partial charge in [-0.2, -0.15) is 0 Å². The summed E-state index contributed by atoms with van der Waals surface area (Å²) < 4.78 is 0. The van der Waals surface area contributed by atoms with Crippen LogP contribution in [0.15, 0.2) is 18.2 Å². The van der Waals surface area contributed by atoms with Crippen molar-refractivity contribution in [1.29, 1.82) is 0 Å². The largest absolute Gasteiger partial charge is 0.384 e. The minimum Gasteiger partial charge on any atom is -0.384 e. The lowest BCUT2D eigenvalue weighted by molar-refractivity contribution is 0.0716. The summed E-state index contributed by atoms with van der Waals surface area (Å²) in [5, 5.41) is 8.80. The van der Waals surface area contributed by atoms with Crippen LogP contribution < -0.4 is 0 Å². The fourth-order valence-corrected chi connectivity index (χ4v) is 1.98. The summed E-state index contributed by atoms with van der Waals surface area (Å²) in [6, 6.07) is 5.75. The second-order valence-corrected chi connectivity index (χ2v) is 4.69. The number of benzene rings is 1. The topological polar surface area (TPSA) is 40.5 Å². The monoisotopic (exact) mass is 259 g/mol. The zero-order valence-corrected chi connectivity index (χ0v) is 12.0. The number of nitrogens with zero attached hydrogens (tertiary/aromatic N) is 1. The fourth-order valence-electron chi connectivity index (χ4n) is 1.98. The van der Waals surface area contributed by atoms with Gasteiger partial charge in [-0.15, -0.1) is 0 Å². The first kappa shape index (κ1) is 15.3. The molecule has 1 aromatic carbocycles. The van der Waals surface area contributed by atoms with Gasteiger partial charge in [0.25, 0.3) is 5.91 Å². The lowest BCUT2D eigenvalue weighted by Gasteiger charge is -2.25. The Hall–Kier alpha value is -1.79. The summed E-state index contributed by atoms with van der Waals surface area (Å²) in [7, 11) is 0. The van der Waals surface area contributed by atoms with E-state index < -0.39 is 0 Å². The van der Waals surface area contributed by atoms with E-state index in [1.165, 1.54) is 0 Å². The SMILES string of the molecule is CCN(C(=O)c1ccc(C)cc1C#CCO)C(C)C. The molecule has 0 aliphatic heterocycles. The highest BCUT2D eigenvalue weighted by Gasteiger charge is 2.19. The van der Waals surface area contributed by atoms with E-state index in [-0.39, 0.29) is 18.6 Å². The third kappa shape index (κ3) is 3.84. The molecule has 3 heteroatoms. The van der Waals surface area contributed by atoms with E-state index in [2.05, 4.69) is 11.8 Å². The first-order chi connectivity index (χ1) is 9.01. The molecule has 19 heavy (non-hydrogen) atoms. The van der Waals surface area contributed by atoms with Crippen LogP contribution in [0.2, 0.25) is 0 Å². The molecule has 3 nitrogen and oxygen atoms in total. The Morgan fingerprint density at radius 1 is 1.42 bits per heavy atom. The van der Waals surface area contributed by atoms with Crippen molar-refractivity contribution in [2.75, 3.05) is 13.2 Å². The predicted molar refractivity (Wildman–Crippen MR) is 77.0 cm³/mol. The number of amides is 1. The molecule has 0 atom stereocenters. The maximum absolute atomic E-state index is 12.5. The van der Waals surface area contributed by atoms with Crippen molar-refractivity contribution < 1.29 is 9.90 Å². The number of rotatable bonds is 3. The lowest BCUT2D eigenvalue weighted by atomic mass is 10.0. The Kier molecular flexibility index (Phi) is 5.59. The van der Waals surface area contributed by atoms with Gasteiger partial charge in [-0.25, -0.2) is 0 Å². The van der Waals surface area contributed by atoms with Gasteiger partial charge < -0.3 is 10.0 Å². The van der Waals surface area contributed by atoms with E-state index in [0.29, 0.717) is 17.7 Å². The average molecular weight is 259 g/mol. The Bertz CT molecular complexity index is 509. The van der Waals surface area contributed by atoms with Gasteiger partial charge in [-0.1, -0.05) is 17.9 Å². The van der Waals surface area contributed by atoms with Gasteiger partial charge in [0.2, 0.25) is 0 Å². The van der Waals surface area contributed by atoms with Crippen LogP contribution in [0.1, 0.15) is 42.3 Å². The molecule has 102 valence electrons. The summed E-state index contributed by atoms with van der Waals surface area (Å²) in [6.45, 7) is 8.37. The number of carbonyl (C=O) groups excluding carboxylic acids is 1. The summed E-state index contributed by atoms with van der Waals surface area (Å²) >= 11 is 0. The van der Waals surface area contributed by atoms with Crippen LogP contribution in [0.5, 0.6) is 0 Å². The molecular formula is C16H21NO2. The minimum atomic E-state index is -0.205. The Labute approximate surface area is 115 Å². The zero-order valence-electron chi connectivity index (χ0n) is 12.0. The van der Waals surface area contributed by atoms with E-state index in [0.717, 1.165) is 5.56 Å². The van der Waals surface area contributed by atoms with Crippen molar-refractivity contribution in [1.82, 2.24) is 4.90 Å². The van der Waals surface area contributed by atoms with Gasteiger partial charge >= 0.3 is 0 Å². The molecule has 0 aromatic heterocycles. The van der Waals surface area contributed by atoms with Crippen LogP contribution in [-0.2, 0) is 0 Å². The molecule has 0 fully saturated rings. The van der Waals surface area contributed by atoms with E-state index in [4.69, 9.17) is 5.11 Å². The molecule has 0 spiro atoms. The molecule has 0 saturated heterocycles. The Morgan fingerprint density at radius 2 is 2.11 bits per heavy atom. The minimum absolute atomic E-state index is 0.0141. The number of aliphatic hydroxyl groups excluding tert-OH is 1. The number of aryl methyl sites for hydroxylation is 1. The maximum Gasteiger partial charge on any atom is 0.255 e. The molecule has 1 amide bonds. The highest BCUT2D eigenvalue weighted by atomic mass is 16.2. The van der Waals surface area contributed by atoms with Crippen LogP contribution in [-0.4, -0.2) is 35.1 Å². The smallest absolute Gasteiger partial charge is 0.255 e. The third-order valence-corrected chi connectivity index (χ3v) is 2.93. The normalized spacial score (nSPS) is 10.0. The highest BCUT2D eigenvalue weighted by Crippen LogP contribution is 2.15.